The monoisotopic (exact) mass is 287 g/mol. The zero-order chi connectivity index (χ0) is 14.9. The van der Waals surface area contributed by atoms with Crippen molar-refractivity contribution in [3.8, 4) is 0 Å². The quantitative estimate of drug-likeness (QED) is 0.590. The van der Waals surface area contributed by atoms with Crippen LogP contribution < -0.4 is 11.1 Å². The van der Waals surface area contributed by atoms with Crippen LogP contribution in [0.25, 0.3) is 21.9 Å². The van der Waals surface area contributed by atoms with Gasteiger partial charge in [0.2, 0.25) is 0 Å². The van der Waals surface area contributed by atoms with Crippen LogP contribution in [0, 0.1) is 0 Å². The molecule has 5 heteroatoms. The average molecular weight is 287 g/mol. The van der Waals surface area contributed by atoms with Crippen LogP contribution >= 0.6 is 0 Å². The third-order valence-corrected chi connectivity index (χ3v) is 3.42. The number of anilines is 3. The van der Waals surface area contributed by atoms with Gasteiger partial charge in [-0.25, -0.2) is 4.98 Å². The summed E-state index contributed by atoms with van der Waals surface area (Å²) < 4.78 is 0. The zero-order valence-electron chi connectivity index (χ0n) is 11.7. The molecule has 0 unspecified atom stereocenters. The Kier molecular flexibility index (Phi) is 2.83. The average Bonchev–Trinajstić information content (AvgIpc) is 2.54. The molecule has 0 bridgehead atoms. The van der Waals surface area contributed by atoms with Gasteiger partial charge in [-0.05, 0) is 36.4 Å². The summed E-state index contributed by atoms with van der Waals surface area (Å²) in [4.78, 5) is 13.2. The minimum Gasteiger partial charge on any atom is -0.397 e. The van der Waals surface area contributed by atoms with Crippen molar-refractivity contribution in [2.45, 2.75) is 0 Å². The maximum atomic E-state index is 5.78. The number of para-hydroxylation sites is 2. The van der Waals surface area contributed by atoms with Crippen molar-refractivity contribution in [2.75, 3.05) is 11.1 Å². The van der Waals surface area contributed by atoms with E-state index in [9.17, 15) is 0 Å². The number of nitrogens with two attached hydrogens (primary N) is 1. The van der Waals surface area contributed by atoms with E-state index in [1.54, 1.807) is 12.4 Å². The highest BCUT2D eigenvalue weighted by Gasteiger charge is 2.02. The van der Waals surface area contributed by atoms with E-state index < -0.39 is 0 Å². The molecule has 0 radical (unpaired) electrons. The Bertz CT molecular complexity index is 981. The molecule has 3 N–H and O–H groups in total. The highest BCUT2D eigenvalue weighted by atomic mass is 15.0. The third kappa shape index (κ3) is 2.29. The number of fused-ring (bicyclic) bond motifs is 2. The number of rotatable bonds is 2. The minimum absolute atomic E-state index is 0.648. The Morgan fingerprint density at radius 1 is 0.818 bits per heavy atom. The lowest BCUT2D eigenvalue weighted by atomic mass is 10.2. The molecule has 106 valence electrons. The normalized spacial score (nSPS) is 10.9. The predicted octanol–water partition coefficient (Wildman–Crippen LogP) is 3.50. The second-order valence-corrected chi connectivity index (χ2v) is 5.05. The van der Waals surface area contributed by atoms with Crippen LogP contribution in [0.4, 0.5) is 17.2 Å². The molecule has 2 aromatic carbocycles. The van der Waals surface area contributed by atoms with Crippen LogP contribution in [-0.4, -0.2) is 15.0 Å². The lowest BCUT2D eigenvalue weighted by molar-refractivity contribution is 1.28. The van der Waals surface area contributed by atoms with Crippen LogP contribution in [-0.2, 0) is 0 Å². The number of aromatic nitrogens is 3. The molecule has 0 aliphatic carbocycles. The van der Waals surface area contributed by atoms with E-state index >= 15 is 0 Å². The predicted molar refractivity (Wildman–Crippen MR) is 89.0 cm³/mol. The van der Waals surface area contributed by atoms with Crippen LogP contribution in [0.1, 0.15) is 0 Å². The van der Waals surface area contributed by atoms with Gasteiger partial charge in [-0.15, -0.1) is 0 Å². The topological polar surface area (TPSA) is 76.7 Å². The highest BCUT2D eigenvalue weighted by molar-refractivity contribution is 5.85. The van der Waals surface area contributed by atoms with Gasteiger partial charge in [0.15, 0.2) is 0 Å². The van der Waals surface area contributed by atoms with Crippen molar-refractivity contribution >= 4 is 39.1 Å². The zero-order valence-corrected chi connectivity index (χ0v) is 11.7. The molecule has 5 nitrogen and oxygen atoms in total. The first kappa shape index (κ1) is 12.5. The van der Waals surface area contributed by atoms with Crippen LogP contribution in [0.2, 0.25) is 0 Å². The molecule has 0 saturated carbocycles. The van der Waals surface area contributed by atoms with E-state index in [1.807, 2.05) is 48.5 Å². The largest absolute Gasteiger partial charge is 0.397 e. The van der Waals surface area contributed by atoms with Crippen molar-refractivity contribution in [3.05, 3.63) is 60.9 Å². The van der Waals surface area contributed by atoms with Crippen molar-refractivity contribution < 1.29 is 0 Å². The summed E-state index contributed by atoms with van der Waals surface area (Å²) in [5.74, 6) is 0.704. The lowest BCUT2D eigenvalue weighted by Crippen LogP contribution is -1.96. The fourth-order valence-corrected chi connectivity index (χ4v) is 2.39. The molecule has 4 aromatic rings. The van der Waals surface area contributed by atoms with E-state index in [4.69, 9.17) is 5.73 Å². The van der Waals surface area contributed by atoms with Crippen molar-refractivity contribution in [3.63, 3.8) is 0 Å². The standard InChI is InChI=1S/C17H13N5/c18-12-7-11-8-13(5-6-14(11)19-9-12)21-17-10-20-15-3-1-2-4-16(15)22-17/h1-10H,18H2,(H,21,22). The highest BCUT2D eigenvalue weighted by Crippen LogP contribution is 2.22. The van der Waals surface area contributed by atoms with E-state index in [0.29, 0.717) is 11.5 Å². The molecule has 22 heavy (non-hydrogen) atoms. The van der Waals surface area contributed by atoms with Crippen molar-refractivity contribution in [1.82, 2.24) is 15.0 Å². The number of nitrogens with one attached hydrogen (secondary N) is 1. The van der Waals surface area contributed by atoms with Gasteiger partial charge in [0, 0.05) is 11.1 Å². The summed E-state index contributed by atoms with van der Waals surface area (Å²) in [5.41, 5.74) is 10.00. The third-order valence-electron chi connectivity index (χ3n) is 3.42. The first-order chi connectivity index (χ1) is 10.8. The van der Waals surface area contributed by atoms with Crippen molar-refractivity contribution in [2.24, 2.45) is 0 Å². The molecule has 0 fully saturated rings. The maximum absolute atomic E-state index is 5.78. The summed E-state index contributed by atoms with van der Waals surface area (Å²) in [7, 11) is 0. The van der Waals surface area contributed by atoms with Gasteiger partial charge in [0.1, 0.15) is 5.82 Å². The Balaban J connectivity index is 1.72. The summed E-state index contributed by atoms with van der Waals surface area (Å²) in [6.45, 7) is 0. The molecule has 0 amide bonds. The SMILES string of the molecule is Nc1cnc2ccc(Nc3cnc4ccccc4n3)cc2c1. The van der Waals surface area contributed by atoms with E-state index in [0.717, 1.165) is 27.6 Å². The molecule has 4 rings (SSSR count). The first-order valence-electron chi connectivity index (χ1n) is 6.92. The van der Waals surface area contributed by atoms with Gasteiger partial charge in [-0.1, -0.05) is 12.1 Å². The first-order valence-corrected chi connectivity index (χ1v) is 6.92. The molecular weight excluding hydrogens is 274 g/mol. The number of nitrogens with zero attached hydrogens (tertiary/aromatic N) is 3. The van der Waals surface area contributed by atoms with E-state index in [1.165, 1.54) is 0 Å². The van der Waals surface area contributed by atoms with Crippen LogP contribution in [0.3, 0.4) is 0 Å². The summed E-state index contributed by atoms with van der Waals surface area (Å²) in [6.07, 6.45) is 3.38. The molecule has 0 aliphatic heterocycles. The van der Waals surface area contributed by atoms with Gasteiger partial charge in [-0.3, -0.25) is 9.97 Å². The van der Waals surface area contributed by atoms with Crippen LogP contribution in [0.5, 0.6) is 0 Å². The fourth-order valence-electron chi connectivity index (χ4n) is 2.39. The van der Waals surface area contributed by atoms with Crippen LogP contribution in [0.15, 0.2) is 60.9 Å². The van der Waals surface area contributed by atoms with Gasteiger partial charge < -0.3 is 11.1 Å². The van der Waals surface area contributed by atoms with Gasteiger partial charge in [0.25, 0.3) is 0 Å². The number of nitrogen functional groups attached to an aromatic ring is 1. The summed E-state index contributed by atoms with van der Waals surface area (Å²) in [5, 5.41) is 4.25. The Morgan fingerprint density at radius 3 is 2.55 bits per heavy atom. The number of hydrogen-bond donors (Lipinski definition) is 2. The smallest absolute Gasteiger partial charge is 0.149 e. The van der Waals surface area contributed by atoms with Crippen molar-refractivity contribution in [1.29, 1.82) is 0 Å². The van der Waals surface area contributed by atoms with E-state index in [-0.39, 0.29) is 0 Å². The molecule has 0 atom stereocenters. The maximum Gasteiger partial charge on any atom is 0.149 e. The van der Waals surface area contributed by atoms with Gasteiger partial charge >= 0.3 is 0 Å². The Labute approximate surface area is 126 Å². The number of benzene rings is 2. The Morgan fingerprint density at radius 2 is 1.64 bits per heavy atom. The molecule has 0 saturated heterocycles. The molecule has 2 aromatic heterocycles. The fraction of sp³-hybridized carbons (Fsp3) is 0. The Hall–Kier alpha value is -3.21. The summed E-state index contributed by atoms with van der Waals surface area (Å²) >= 11 is 0. The molecular formula is C17H13N5. The number of pyridine rings is 1. The molecule has 2 heterocycles. The molecule has 0 aliphatic rings. The summed E-state index contributed by atoms with van der Waals surface area (Å²) in [6, 6.07) is 15.6. The van der Waals surface area contributed by atoms with E-state index in [2.05, 4.69) is 20.3 Å². The number of hydrogen-bond acceptors (Lipinski definition) is 5. The minimum atomic E-state index is 0.648. The second-order valence-electron chi connectivity index (χ2n) is 5.05. The van der Waals surface area contributed by atoms with Gasteiger partial charge in [-0.2, -0.15) is 0 Å². The second kappa shape index (κ2) is 4.96. The molecule has 0 spiro atoms. The lowest BCUT2D eigenvalue weighted by Gasteiger charge is -2.07. The van der Waals surface area contributed by atoms with Gasteiger partial charge in [0.05, 0.1) is 34.6 Å².